The number of ether oxygens (including phenoxy) is 1. The van der Waals surface area contributed by atoms with E-state index in [9.17, 15) is 4.79 Å². The van der Waals surface area contributed by atoms with Gasteiger partial charge in [0, 0.05) is 11.6 Å². The van der Waals surface area contributed by atoms with Crippen LogP contribution in [0, 0.1) is 0 Å². The van der Waals surface area contributed by atoms with Gasteiger partial charge in [0.25, 0.3) is 0 Å². The molecule has 0 spiro atoms. The number of aromatic nitrogens is 2. The van der Waals surface area contributed by atoms with Crippen molar-refractivity contribution < 1.29 is 13.9 Å². The maximum Gasteiger partial charge on any atom is 0.230 e. The lowest BCUT2D eigenvalue weighted by Crippen LogP contribution is -2.15. The van der Waals surface area contributed by atoms with Crippen molar-refractivity contribution in [3.8, 4) is 17.2 Å². The summed E-state index contributed by atoms with van der Waals surface area (Å²) in [5.41, 5.74) is 1.53. The zero-order valence-electron chi connectivity index (χ0n) is 12.0. The number of nitrogens with zero attached hydrogens (tertiary/aromatic N) is 1. The van der Waals surface area contributed by atoms with Crippen LogP contribution in [0.3, 0.4) is 0 Å². The summed E-state index contributed by atoms with van der Waals surface area (Å²) in [5.74, 6) is 1.64. The minimum Gasteiger partial charge on any atom is -0.496 e. The second kappa shape index (κ2) is 6.17. The molecule has 0 saturated heterocycles. The van der Waals surface area contributed by atoms with Crippen molar-refractivity contribution in [1.82, 2.24) is 10.2 Å². The molecule has 0 atom stereocenters. The number of para-hydroxylation sites is 1. The highest BCUT2D eigenvalue weighted by Gasteiger charge is 2.11. The van der Waals surface area contributed by atoms with E-state index >= 15 is 0 Å². The quantitative estimate of drug-likeness (QED) is 0.759. The summed E-state index contributed by atoms with van der Waals surface area (Å²) >= 11 is 0. The van der Waals surface area contributed by atoms with Gasteiger partial charge in [-0.25, -0.2) is 0 Å². The predicted molar refractivity (Wildman–Crippen MR) is 81.6 cm³/mol. The van der Waals surface area contributed by atoms with Gasteiger partial charge in [-0.3, -0.25) is 9.89 Å². The number of H-pyrrole nitrogens is 1. The van der Waals surface area contributed by atoms with Crippen molar-refractivity contribution in [2.75, 3.05) is 12.4 Å². The van der Waals surface area contributed by atoms with Crippen LogP contribution in [0.15, 0.2) is 53.1 Å². The molecule has 0 aliphatic carbocycles. The van der Waals surface area contributed by atoms with Gasteiger partial charge in [-0.2, -0.15) is 5.10 Å². The van der Waals surface area contributed by atoms with Gasteiger partial charge in [0.1, 0.15) is 11.4 Å². The molecule has 0 radical (unpaired) electrons. The number of carbonyl (C=O) groups is 1. The van der Waals surface area contributed by atoms with Crippen LogP contribution in [-0.4, -0.2) is 23.2 Å². The summed E-state index contributed by atoms with van der Waals surface area (Å²) in [6.45, 7) is 0. The van der Waals surface area contributed by atoms with Crippen molar-refractivity contribution in [3.05, 3.63) is 54.3 Å². The molecule has 0 saturated carbocycles. The second-order valence-corrected chi connectivity index (χ2v) is 4.68. The summed E-state index contributed by atoms with van der Waals surface area (Å²) < 4.78 is 10.5. The van der Waals surface area contributed by atoms with Gasteiger partial charge in [0.15, 0.2) is 11.6 Å². The Kier molecular flexibility index (Phi) is 3.91. The van der Waals surface area contributed by atoms with Crippen LogP contribution in [0.2, 0.25) is 0 Å². The lowest BCUT2D eigenvalue weighted by atomic mass is 10.1. The van der Waals surface area contributed by atoms with Crippen molar-refractivity contribution in [3.63, 3.8) is 0 Å². The SMILES string of the molecule is COc1ccccc1CC(=O)Nc1cc(-c2ccco2)[nH]n1. The molecule has 2 aromatic heterocycles. The number of methoxy groups -OCH3 is 1. The number of furan rings is 1. The monoisotopic (exact) mass is 297 g/mol. The van der Waals surface area contributed by atoms with Crippen molar-refractivity contribution in [2.24, 2.45) is 0 Å². The van der Waals surface area contributed by atoms with Gasteiger partial charge >= 0.3 is 0 Å². The average molecular weight is 297 g/mol. The Morgan fingerprint density at radius 3 is 2.95 bits per heavy atom. The third kappa shape index (κ3) is 3.01. The molecule has 0 unspecified atom stereocenters. The lowest BCUT2D eigenvalue weighted by molar-refractivity contribution is -0.115. The molecule has 3 rings (SSSR count). The van der Waals surface area contributed by atoms with Crippen molar-refractivity contribution in [2.45, 2.75) is 6.42 Å². The van der Waals surface area contributed by atoms with Crippen molar-refractivity contribution in [1.29, 1.82) is 0 Å². The number of hydrogen-bond donors (Lipinski definition) is 2. The van der Waals surface area contributed by atoms with Gasteiger partial charge < -0.3 is 14.5 Å². The van der Waals surface area contributed by atoms with Crippen LogP contribution in [-0.2, 0) is 11.2 Å². The maximum absolute atomic E-state index is 12.1. The largest absolute Gasteiger partial charge is 0.496 e. The Bertz CT molecular complexity index is 763. The summed E-state index contributed by atoms with van der Waals surface area (Å²) in [4.78, 5) is 12.1. The molecule has 0 fully saturated rings. The lowest BCUT2D eigenvalue weighted by Gasteiger charge is -2.07. The van der Waals surface area contributed by atoms with E-state index in [1.165, 1.54) is 0 Å². The fourth-order valence-electron chi connectivity index (χ4n) is 2.15. The van der Waals surface area contributed by atoms with Crippen molar-refractivity contribution >= 4 is 11.7 Å². The molecule has 0 aliphatic heterocycles. The molecule has 112 valence electrons. The predicted octanol–water partition coefficient (Wildman–Crippen LogP) is 2.86. The first-order chi connectivity index (χ1) is 10.8. The Hall–Kier alpha value is -3.02. The number of benzene rings is 1. The molecule has 2 N–H and O–H groups in total. The number of amides is 1. The van der Waals surface area contributed by atoms with Crippen LogP contribution < -0.4 is 10.1 Å². The fourth-order valence-corrected chi connectivity index (χ4v) is 2.15. The molecule has 1 amide bonds. The molecular formula is C16H15N3O3. The maximum atomic E-state index is 12.1. The number of nitrogens with one attached hydrogen (secondary N) is 2. The number of hydrogen-bond acceptors (Lipinski definition) is 4. The standard InChI is InChI=1S/C16H15N3O3/c1-21-13-6-3-2-5-11(13)9-16(20)17-15-10-12(18-19-15)14-7-4-8-22-14/h2-8,10H,9H2,1H3,(H2,17,18,19,20). The molecule has 0 bridgehead atoms. The van der Waals surface area contributed by atoms with Crippen LogP contribution in [0.1, 0.15) is 5.56 Å². The van der Waals surface area contributed by atoms with Crippen LogP contribution >= 0.6 is 0 Å². The van der Waals surface area contributed by atoms with Gasteiger partial charge in [-0.15, -0.1) is 0 Å². The van der Waals surface area contributed by atoms with E-state index in [0.717, 1.165) is 5.56 Å². The van der Waals surface area contributed by atoms with Crippen LogP contribution in [0.25, 0.3) is 11.5 Å². The Labute approximate surface area is 127 Å². The van der Waals surface area contributed by atoms with E-state index in [1.54, 1.807) is 25.5 Å². The minimum atomic E-state index is -0.165. The van der Waals surface area contributed by atoms with E-state index in [1.807, 2.05) is 30.3 Å². The van der Waals surface area contributed by atoms with E-state index in [0.29, 0.717) is 23.0 Å². The van der Waals surface area contributed by atoms with Gasteiger partial charge in [0.2, 0.25) is 5.91 Å². The molecular weight excluding hydrogens is 282 g/mol. The topological polar surface area (TPSA) is 80.1 Å². The smallest absolute Gasteiger partial charge is 0.230 e. The van der Waals surface area contributed by atoms with Gasteiger partial charge in [0.05, 0.1) is 19.8 Å². The first-order valence-corrected chi connectivity index (χ1v) is 6.77. The van der Waals surface area contributed by atoms with Gasteiger partial charge in [-0.05, 0) is 18.2 Å². The van der Waals surface area contributed by atoms with E-state index in [-0.39, 0.29) is 12.3 Å². The Morgan fingerprint density at radius 2 is 2.18 bits per heavy atom. The number of rotatable bonds is 5. The Balaban J connectivity index is 1.67. The van der Waals surface area contributed by atoms with Crippen LogP contribution in [0.4, 0.5) is 5.82 Å². The zero-order valence-corrected chi connectivity index (χ0v) is 12.0. The molecule has 2 heterocycles. The number of aromatic amines is 1. The van der Waals surface area contributed by atoms with E-state index in [2.05, 4.69) is 15.5 Å². The average Bonchev–Trinajstić information content (AvgIpc) is 3.18. The first kappa shape index (κ1) is 13.9. The number of carbonyl (C=O) groups excluding carboxylic acids is 1. The molecule has 0 aliphatic rings. The summed E-state index contributed by atoms with van der Waals surface area (Å²) in [7, 11) is 1.58. The first-order valence-electron chi connectivity index (χ1n) is 6.77. The molecule has 6 heteroatoms. The number of anilines is 1. The molecule has 3 aromatic rings. The van der Waals surface area contributed by atoms with E-state index < -0.39 is 0 Å². The zero-order chi connectivity index (χ0) is 15.4. The highest BCUT2D eigenvalue weighted by Crippen LogP contribution is 2.21. The summed E-state index contributed by atoms with van der Waals surface area (Å²) in [5, 5.41) is 9.61. The highest BCUT2D eigenvalue weighted by molar-refractivity contribution is 5.92. The third-order valence-corrected chi connectivity index (χ3v) is 3.18. The van der Waals surface area contributed by atoms with Gasteiger partial charge in [-0.1, -0.05) is 18.2 Å². The highest BCUT2D eigenvalue weighted by atomic mass is 16.5. The van der Waals surface area contributed by atoms with E-state index in [4.69, 9.17) is 9.15 Å². The molecule has 6 nitrogen and oxygen atoms in total. The fraction of sp³-hybridized carbons (Fsp3) is 0.125. The molecule has 22 heavy (non-hydrogen) atoms. The normalized spacial score (nSPS) is 10.4. The second-order valence-electron chi connectivity index (χ2n) is 4.68. The minimum absolute atomic E-state index is 0.165. The summed E-state index contributed by atoms with van der Waals surface area (Å²) in [6.07, 6.45) is 1.79. The van der Waals surface area contributed by atoms with Crippen LogP contribution in [0.5, 0.6) is 5.75 Å². The third-order valence-electron chi connectivity index (χ3n) is 3.18. The summed E-state index contributed by atoms with van der Waals surface area (Å²) in [6, 6.07) is 12.7. The Morgan fingerprint density at radius 1 is 1.32 bits per heavy atom. The molecule has 1 aromatic carbocycles.